The molecule has 0 radical (unpaired) electrons. The first kappa shape index (κ1) is 20.6. The van der Waals surface area contributed by atoms with E-state index in [4.69, 9.17) is 32.7 Å². The van der Waals surface area contributed by atoms with Crippen LogP contribution in [0.15, 0.2) is 36.4 Å². The van der Waals surface area contributed by atoms with Gasteiger partial charge in [0.05, 0.1) is 22.0 Å². The molecule has 1 N–H and O–H groups in total. The monoisotopic (exact) mass is 444 g/mol. The van der Waals surface area contributed by atoms with Gasteiger partial charge in [0, 0.05) is 11.8 Å². The summed E-state index contributed by atoms with van der Waals surface area (Å²) < 4.78 is 36.6. The summed E-state index contributed by atoms with van der Waals surface area (Å²) in [6.07, 6.45) is 1.02. The van der Waals surface area contributed by atoms with Crippen molar-refractivity contribution in [1.82, 2.24) is 0 Å². The van der Waals surface area contributed by atoms with E-state index in [9.17, 15) is 13.2 Å². The minimum atomic E-state index is -3.77. The van der Waals surface area contributed by atoms with Gasteiger partial charge >= 0.3 is 0 Å². The average molecular weight is 445 g/mol. The van der Waals surface area contributed by atoms with Gasteiger partial charge < -0.3 is 14.8 Å². The number of sulfonamides is 1. The van der Waals surface area contributed by atoms with Crippen LogP contribution < -0.4 is 19.1 Å². The van der Waals surface area contributed by atoms with E-state index < -0.39 is 22.0 Å². The lowest BCUT2D eigenvalue weighted by molar-refractivity contribution is -0.116. The Bertz CT molecular complexity index is 1010. The molecule has 150 valence electrons. The highest BCUT2D eigenvalue weighted by molar-refractivity contribution is 7.92. The number of anilines is 2. The van der Waals surface area contributed by atoms with Gasteiger partial charge in [-0.15, -0.1) is 0 Å². The largest absolute Gasteiger partial charge is 0.486 e. The second kappa shape index (κ2) is 8.06. The minimum Gasteiger partial charge on any atom is -0.486 e. The molecular formula is C18H18Cl2N2O5S. The molecule has 0 saturated carbocycles. The van der Waals surface area contributed by atoms with Crippen LogP contribution in [-0.2, 0) is 14.8 Å². The van der Waals surface area contributed by atoms with Gasteiger partial charge in [-0.05, 0) is 37.3 Å². The topological polar surface area (TPSA) is 84.9 Å². The predicted octanol–water partition coefficient (Wildman–Crippen LogP) is 3.56. The first-order valence-corrected chi connectivity index (χ1v) is 10.9. The normalized spacial score (nSPS) is 14.3. The van der Waals surface area contributed by atoms with Crippen LogP contribution in [0.1, 0.15) is 6.92 Å². The number of hydrogen-bond acceptors (Lipinski definition) is 5. The summed E-state index contributed by atoms with van der Waals surface area (Å²) in [6, 6.07) is 8.29. The maximum absolute atomic E-state index is 12.7. The first-order valence-electron chi connectivity index (χ1n) is 8.32. The van der Waals surface area contributed by atoms with Crippen molar-refractivity contribution in [2.24, 2.45) is 0 Å². The second-order valence-electron chi connectivity index (χ2n) is 6.18. The number of nitrogens with one attached hydrogen (secondary N) is 1. The van der Waals surface area contributed by atoms with Crippen LogP contribution in [0, 0.1) is 0 Å². The molecule has 1 aliphatic rings. The highest BCUT2D eigenvalue weighted by atomic mass is 35.5. The number of fused-ring (bicyclic) bond motifs is 1. The van der Waals surface area contributed by atoms with Crippen molar-refractivity contribution >= 4 is 50.5 Å². The van der Waals surface area contributed by atoms with Crippen LogP contribution in [-0.4, -0.2) is 39.8 Å². The molecule has 0 aromatic heterocycles. The molecule has 1 amide bonds. The van der Waals surface area contributed by atoms with Crippen molar-refractivity contribution in [3.63, 3.8) is 0 Å². The quantitative estimate of drug-likeness (QED) is 0.761. The van der Waals surface area contributed by atoms with Crippen molar-refractivity contribution < 1.29 is 22.7 Å². The van der Waals surface area contributed by atoms with Crippen LogP contribution in [0.5, 0.6) is 11.5 Å². The zero-order valence-electron chi connectivity index (χ0n) is 15.1. The molecular weight excluding hydrogens is 427 g/mol. The third-order valence-corrected chi connectivity index (χ3v) is 6.04. The van der Waals surface area contributed by atoms with Crippen molar-refractivity contribution in [3.05, 3.63) is 46.4 Å². The fraction of sp³-hybridized carbons (Fsp3) is 0.278. The minimum absolute atomic E-state index is 0.187. The maximum atomic E-state index is 12.7. The van der Waals surface area contributed by atoms with E-state index in [1.54, 1.807) is 18.2 Å². The summed E-state index contributed by atoms with van der Waals surface area (Å²) in [6.45, 7) is 2.36. The standard InChI is InChI=1S/C18H18Cl2N2O5S/c1-11(22(28(2,24)25)13-4-5-14(19)15(20)10-13)18(23)21-12-3-6-16-17(9-12)27-8-7-26-16/h3-6,9-11H,7-8H2,1-2H3,(H,21,23). The van der Waals surface area contributed by atoms with E-state index in [2.05, 4.69) is 5.32 Å². The van der Waals surface area contributed by atoms with E-state index in [0.29, 0.717) is 30.4 Å². The smallest absolute Gasteiger partial charge is 0.247 e. The molecule has 1 unspecified atom stereocenters. The Labute approximate surface area is 173 Å². The van der Waals surface area contributed by atoms with Crippen molar-refractivity contribution in [2.75, 3.05) is 29.1 Å². The predicted molar refractivity (Wildman–Crippen MR) is 109 cm³/mol. The summed E-state index contributed by atoms with van der Waals surface area (Å²) in [5.41, 5.74) is 0.699. The number of rotatable bonds is 5. The van der Waals surface area contributed by atoms with Crippen LogP contribution in [0.25, 0.3) is 0 Å². The van der Waals surface area contributed by atoms with E-state index in [1.165, 1.54) is 25.1 Å². The Hall–Kier alpha value is -2.16. The Kier molecular flexibility index (Phi) is 5.92. The van der Waals surface area contributed by atoms with Gasteiger partial charge in [0.1, 0.15) is 19.3 Å². The van der Waals surface area contributed by atoms with Crippen LogP contribution in [0.2, 0.25) is 10.0 Å². The van der Waals surface area contributed by atoms with Crippen LogP contribution >= 0.6 is 23.2 Å². The van der Waals surface area contributed by atoms with E-state index in [-0.39, 0.29) is 15.7 Å². The van der Waals surface area contributed by atoms with Gasteiger partial charge in [-0.1, -0.05) is 23.2 Å². The highest BCUT2D eigenvalue weighted by Gasteiger charge is 2.29. The lowest BCUT2D eigenvalue weighted by Gasteiger charge is -2.28. The number of hydrogen-bond donors (Lipinski definition) is 1. The molecule has 7 nitrogen and oxygen atoms in total. The van der Waals surface area contributed by atoms with E-state index >= 15 is 0 Å². The SMILES string of the molecule is CC(C(=O)Nc1ccc2c(c1)OCCO2)N(c1ccc(Cl)c(Cl)c1)S(C)(=O)=O. The molecule has 1 atom stereocenters. The number of amides is 1. The summed E-state index contributed by atoms with van der Waals surface area (Å²) in [5, 5.41) is 3.17. The molecule has 2 aromatic carbocycles. The molecule has 0 spiro atoms. The molecule has 0 aliphatic carbocycles. The third kappa shape index (κ3) is 4.45. The van der Waals surface area contributed by atoms with Crippen molar-refractivity contribution in [2.45, 2.75) is 13.0 Å². The summed E-state index contributed by atoms with van der Waals surface area (Å²) in [4.78, 5) is 12.7. The Morgan fingerprint density at radius 1 is 1.07 bits per heavy atom. The van der Waals surface area contributed by atoms with Crippen LogP contribution in [0.4, 0.5) is 11.4 Å². The zero-order valence-corrected chi connectivity index (χ0v) is 17.4. The van der Waals surface area contributed by atoms with Gasteiger partial charge in [0.2, 0.25) is 15.9 Å². The van der Waals surface area contributed by atoms with Crippen molar-refractivity contribution in [3.8, 4) is 11.5 Å². The summed E-state index contributed by atoms with van der Waals surface area (Å²) >= 11 is 11.9. The summed E-state index contributed by atoms with van der Waals surface area (Å²) in [5.74, 6) is 0.584. The number of halogens is 2. The van der Waals surface area contributed by atoms with Gasteiger partial charge in [-0.3, -0.25) is 9.10 Å². The van der Waals surface area contributed by atoms with E-state index in [0.717, 1.165) is 10.6 Å². The summed E-state index contributed by atoms with van der Waals surface area (Å²) in [7, 11) is -3.77. The molecule has 28 heavy (non-hydrogen) atoms. The fourth-order valence-corrected chi connectivity index (χ4v) is 4.26. The number of carbonyl (C=O) groups is 1. The molecule has 2 aromatic rings. The van der Waals surface area contributed by atoms with Gasteiger partial charge in [-0.2, -0.15) is 0 Å². The zero-order chi connectivity index (χ0) is 20.5. The molecule has 1 aliphatic heterocycles. The van der Waals surface area contributed by atoms with Gasteiger partial charge in [-0.25, -0.2) is 8.42 Å². The Morgan fingerprint density at radius 3 is 2.39 bits per heavy atom. The molecule has 3 rings (SSSR count). The number of ether oxygens (including phenoxy) is 2. The molecule has 1 heterocycles. The lowest BCUT2D eigenvalue weighted by Crippen LogP contribution is -2.45. The number of nitrogens with zero attached hydrogens (tertiary/aromatic N) is 1. The molecule has 0 fully saturated rings. The first-order chi connectivity index (χ1) is 13.2. The molecule has 0 saturated heterocycles. The maximum Gasteiger partial charge on any atom is 0.247 e. The molecule has 0 bridgehead atoms. The third-order valence-electron chi connectivity index (χ3n) is 4.06. The lowest BCUT2D eigenvalue weighted by atomic mass is 10.2. The van der Waals surface area contributed by atoms with Gasteiger partial charge in [0.15, 0.2) is 11.5 Å². The van der Waals surface area contributed by atoms with Crippen molar-refractivity contribution in [1.29, 1.82) is 0 Å². The Balaban J connectivity index is 1.85. The highest BCUT2D eigenvalue weighted by Crippen LogP contribution is 2.33. The number of benzene rings is 2. The average Bonchev–Trinajstić information content (AvgIpc) is 2.63. The number of carbonyl (C=O) groups excluding carboxylic acids is 1. The molecule has 10 heteroatoms. The fourth-order valence-electron chi connectivity index (χ4n) is 2.80. The van der Waals surface area contributed by atoms with Crippen LogP contribution in [0.3, 0.4) is 0 Å². The second-order valence-corrected chi connectivity index (χ2v) is 8.85. The van der Waals surface area contributed by atoms with E-state index in [1.807, 2.05) is 0 Å². The Morgan fingerprint density at radius 2 is 1.75 bits per heavy atom. The van der Waals surface area contributed by atoms with Gasteiger partial charge in [0.25, 0.3) is 0 Å².